The van der Waals surface area contributed by atoms with E-state index in [4.69, 9.17) is 9.47 Å². The molecule has 0 fully saturated rings. The van der Waals surface area contributed by atoms with Crippen LogP contribution in [0.4, 0.5) is 5.69 Å². The third kappa shape index (κ3) is 7.17. The molecule has 0 aliphatic rings. The Kier molecular flexibility index (Phi) is 8.74. The molecule has 0 radical (unpaired) electrons. The molecule has 0 unspecified atom stereocenters. The molecule has 2 aromatic carbocycles. The van der Waals surface area contributed by atoms with E-state index in [2.05, 4.69) is 5.32 Å². The fraction of sp³-hybridized carbons (Fsp3) is 0.435. The second-order valence-electron chi connectivity index (χ2n) is 7.44. The van der Waals surface area contributed by atoms with Crippen LogP contribution in [0.3, 0.4) is 0 Å². The molecule has 7 nitrogen and oxygen atoms in total. The van der Waals surface area contributed by atoms with Crippen molar-refractivity contribution < 1.29 is 22.7 Å². The zero-order valence-electron chi connectivity index (χ0n) is 18.8. The zero-order chi connectivity index (χ0) is 23.0. The highest BCUT2D eigenvalue weighted by molar-refractivity contribution is 7.92. The first kappa shape index (κ1) is 24.5. The van der Waals surface area contributed by atoms with Crippen LogP contribution in [0.25, 0.3) is 0 Å². The second kappa shape index (κ2) is 11.0. The standard InChI is InChI=1S/C23H32N2O5S/c1-6-22(23(26)24-16-18-9-8-10-21(15-18)30-17(3)4)25(31(5,27)28)19-11-13-20(14-12-19)29-7-2/h8-15,17,22H,6-7,16H2,1-5H3,(H,24,26)/t22-/m0/s1. The summed E-state index contributed by atoms with van der Waals surface area (Å²) in [5.41, 5.74) is 1.29. The summed E-state index contributed by atoms with van der Waals surface area (Å²) >= 11 is 0. The third-order valence-electron chi connectivity index (χ3n) is 4.47. The number of rotatable bonds is 11. The lowest BCUT2D eigenvalue weighted by Gasteiger charge is -2.30. The molecule has 1 atom stereocenters. The maximum Gasteiger partial charge on any atom is 0.244 e. The number of hydrogen-bond donors (Lipinski definition) is 1. The maximum absolute atomic E-state index is 13.0. The Labute approximate surface area is 185 Å². The van der Waals surface area contributed by atoms with E-state index in [-0.39, 0.29) is 18.6 Å². The van der Waals surface area contributed by atoms with Crippen molar-refractivity contribution in [1.29, 1.82) is 0 Å². The van der Waals surface area contributed by atoms with Gasteiger partial charge in [-0.3, -0.25) is 9.10 Å². The van der Waals surface area contributed by atoms with Crippen molar-refractivity contribution in [3.05, 3.63) is 54.1 Å². The highest BCUT2D eigenvalue weighted by Crippen LogP contribution is 2.25. The van der Waals surface area contributed by atoms with Crippen molar-refractivity contribution in [3.63, 3.8) is 0 Å². The van der Waals surface area contributed by atoms with Gasteiger partial charge in [0, 0.05) is 6.54 Å². The second-order valence-corrected chi connectivity index (χ2v) is 9.30. The summed E-state index contributed by atoms with van der Waals surface area (Å²) in [4.78, 5) is 13.0. The third-order valence-corrected chi connectivity index (χ3v) is 5.65. The molecular formula is C23H32N2O5S. The Morgan fingerprint density at radius 3 is 2.29 bits per heavy atom. The Morgan fingerprint density at radius 2 is 1.74 bits per heavy atom. The Morgan fingerprint density at radius 1 is 1.06 bits per heavy atom. The van der Waals surface area contributed by atoms with Gasteiger partial charge in [-0.25, -0.2) is 8.42 Å². The lowest BCUT2D eigenvalue weighted by atomic mass is 10.1. The van der Waals surface area contributed by atoms with Crippen LogP contribution >= 0.6 is 0 Å². The molecule has 31 heavy (non-hydrogen) atoms. The highest BCUT2D eigenvalue weighted by atomic mass is 32.2. The number of ether oxygens (including phenoxy) is 2. The van der Waals surface area contributed by atoms with Gasteiger partial charge in [0.1, 0.15) is 17.5 Å². The fourth-order valence-electron chi connectivity index (χ4n) is 3.22. The lowest BCUT2D eigenvalue weighted by Crippen LogP contribution is -2.49. The first-order valence-corrected chi connectivity index (χ1v) is 12.3. The molecule has 0 heterocycles. The Hall–Kier alpha value is -2.74. The van der Waals surface area contributed by atoms with Gasteiger partial charge in [-0.15, -0.1) is 0 Å². The van der Waals surface area contributed by atoms with Crippen molar-refractivity contribution in [2.75, 3.05) is 17.2 Å². The predicted octanol–water partition coefficient (Wildman–Crippen LogP) is 3.73. The van der Waals surface area contributed by atoms with Gasteiger partial charge in [-0.05, 0) is 69.2 Å². The number of nitrogens with zero attached hydrogens (tertiary/aromatic N) is 1. The first-order chi connectivity index (χ1) is 14.7. The van der Waals surface area contributed by atoms with E-state index in [9.17, 15) is 13.2 Å². The summed E-state index contributed by atoms with van der Waals surface area (Å²) in [6.45, 7) is 8.33. The summed E-state index contributed by atoms with van der Waals surface area (Å²) in [6, 6.07) is 13.3. The molecule has 0 spiro atoms. The molecule has 1 N–H and O–H groups in total. The summed E-state index contributed by atoms with van der Waals surface area (Å²) in [7, 11) is -3.69. The maximum atomic E-state index is 13.0. The van der Waals surface area contributed by atoms with Crippen LogP contribution < -0.4 is 19.1 Å². The molecule has 0 saturated carbocycles. The van der Waals surface area contributed by atoms with Crippen LogP contribution in [0.5, 0.6) is 11.5 Å². The number of nitrogens with one attached hydrogen (secondary N) is 1. The fourth-order valence-corrected chi connectivity index (χ4v) is 4.44. The number of sulfonamides is 1. The number of amides is 1. The molecule has 8 heteroatoms. The van der Waals surface area contributed by atoms with Gasteiger partial charge >= 0.3 is 0 Å². The van der Waals surface area contributed by atoms with Crippen molar-refractivity contribution >= 4 is 21.6 Å². The van der Waals surface area contributed by atoms with Gasteiger partial charge < -0.3 is 14.8 Å². The van der Waals surface area contributed by atoms with Crippen molar-refractivity contribution in [1.82, 2.24) is 5.32 Å². The van der Waals surface area contributed by atoms with Gasteiger partial charge in [0.25, 0.3) is 0 Å². The van der Waals surface area contributed by atoms with E-state index in [0.717, 1.165) is 21.9 Å². The average Bonchev–Trinajstić information content (AvgIpc) is 2.70. The van der Waals surface area contributed by atoms with Gasteiger partial charge in [0.05, 0.1) is 24.7 Å². The summed E-state index contributed by atoms with van der Waals surface area (Å²) in [5, 5.41) is 2.86. The number of anilines is 1. The topological polar surface area (TPSA) is 84.9 Å². The van der Waals surface area contributed by atoms with E-state index in [1.54, 1.807) is 31.2 Å². The summed E-state index contributed by atoms with van der Waals surface area (Å²) in [6.07, 6.45) is 1.47. The minimum Gasteiger partial charge on any atom is -0.494 e. The number of carbonyl (C=O) groups is 1. The Bertz CT molecular complexity index is 958. The van der Waals surface area contributed by atoms with E-state index in [1.165, 1.54) is 0 Å². The van der Waals surface area contributed by atoms with E-state index in [1.807, 2.05) is 45.0 Å². The van der Waals surface area contributed by atoms with Crippen LogP contribution in [-0.4, -0.2) is 39.3 Å². The van der Waals surface area contributed by atoms with Crippen molar-refractivity contribution in [3.8, 4) is 11.5 Å². The zero-order valence-corrected chi connectivity index (χ0v) is 19.6. The van der Waals surface area contributed by atoms with Crippen LogP contribution in [0.2, 0.25) is 0 Å². The lowest BCUT2D eigenvalue weighted by molar-refractivity contribution is -0.122. The largest absolute Gasteiger partial charge is 0.494 e. The van der Waals surface area contributed by atoms with Crippen LogP contribution in [0, 0.1) is 0 Å². The molecule has 0 bridgehead atoms. The average molecular weight is 449 g/mol. The quantitative estimate of drug-likeness (QED) is 0.566. The van der Waals surface area contributed by atoms with Gasteiger partial charge in [0.2, 0.25) is 15.9 Å². The van der Waals surface area contributed by atoms with Crippen LogP contribution in [0.15, 0.2) is 48.5 Å². The SMILES string of the molecule is CCOc1ccc(N([C@@H](CC)C(=O)NCc2cccc(OC(C)C)c2)S(C)(=O)=O)cc1. The number of carbonyl (C=O) groups excluding carboxylic acids is 1. The molecule has 170 valence electrons. The normalized spacial score (nSPS) is 12.3. The molecular weight excluding hydrogens is 416 g/mol. The Balaban J connectivity index is 2.19. The van der Waals surface area contributed by atoms with E-state index >= 15 is 0 Å². The van der Waals surface area contributed by atoms with E-state index < -0.39 is 16.1 Å². The molecule has 0 saturated heterocycles. The van der Waals surface area contributed by atoms with Gasteiger partial charge in [-0.2, -0.15) is 0 Å². The summed E-state index contributed by atoms with van der Waals surface area (Å²) in [5.74, 6) is 0.999. The molecule has 0 aliphatic carbocycles. The highest BCUT2D eigenvalue weighted by Gasteiger charge is 2.31. The number of benzene rings is 2. The van der Waals surface area contributed by atoms with Crippen molar-refractivity contribution in [2.45, 2.75) is 52.8 Å². The van der Waals surface area contributed by atoms with Crippen molar-refractivity contribution in [2.24, 2.45) is 0 Å². The predicted molar refractivity (Wildman–Crippen MR) is 123 cm³/mol. The smallest absolute Gasteiger partial charge is 0.244 e. The minimum atomic E-state index is -3.69. The minimum absolute atomic E-state index is 0.0479. The first-order valence-electron chi connectivity index (χ1n) is 10.4. The summed E-state index contributed by atoms with van der Waals surface area (Å²) < 4.78 is 37.4. The molecule has 2 rings (SSSR count). The van der Waals surface area contributed by atoms with Gasteiger partial charge in [-0.1, -0.05) is 19.1 Å². The molecule has 0 aromatic heterocycles. The molecule has 0 aliphatic heterocycles. The van der Waals surface area contributed by atoms with Gasteiger partial charge in [0.15, 0.2) is 0 Å². The number of hydrogen-bond acceptors (Lipinski definition) is 5. The monoisotopic (exact) mass is 448 g/mol. The molecule has 2 aromatic rings. The molecule has 1 amide bonds. The van der Waals surface area contributed by atoms with Crippen LogP contribution in [0.1, 0.15) is 39.7 Å². The van der Waals surface area contributed by atoms with Crippen LogP contribution in [-0.2, 0) is 21.4 Å². The van der Waals surface area contributed by atoms with E-state index in [0.29, 0.717) is 24.5 Å².